The molecule has 0 bridgehead atoms. The zero-order valence-electron chi connectivity index (χ0n) is 3.89. The SMILES string of the molecule is [SiH3]C1C=CC=C1. The third-order valence-electron chi connectivity index (χ3n) is 0.940. The topological polar surface area (TPSA) is 0 Å². The molecule has 0 N–H and O–H groups in total. The molecule has 0 saturated carbocycles. The van der Waals surface area contributed by atoms with Gasteiger partial charge in [0.2, 0.25) is 0 Å². The summed E-state index contributed by atoms with van der Waals surface area (Å²) < 4.78 is 0. The Kier molecular flexibility index (Phi) is 0.924. The molecule has 0 heterocycles. The normalized spacial score (nSPS) is 20.7. The average molecular weight is 96.2 g/mol. The van der Waals surface area contributed by atoms with Crippen molar-refractivity contribution in [2.75, 3.05) is 0 Å². The van der Waals surface area contributed by atoms with Crippen molar-refractivity contribution in [3.63, 3.8) is 0 Å². The number of hydrogen-bond acceptors (Lipinski definition) is 0. The molecule has 1 aliphatic carbocycles. The predicted octanol–water partition coefficient (Wildman–Crippen LogP) is 0.266. The van der Waals surface area contributed by atoms with Gasteiger partial charge in [-0.1, -0.05) is 24.3 Å². The van der Waals surface area contributed by atoms with Crippen molar-refractivity contribution in [3.8, 4) is 0 Å². The first-order valence-electron chi connectivity index (χ1n) is 2.24. The molecule has 0 aromatic rings. The van der Waals surface area contributed by atoms with E-state index in [1.165, 1.54) is 10.2 Å². The van der Waals surface area contributed by atoms with Gasteiger partial charge in [-0.3, -0.25) is 0 Å². The van der Waals surface area contributed by atoms with E-state index in [1.54, 1.807) is 0 Å². The standard InChI is InChI=1S/C5H8Si/c6-5-3-1-2-4-5/h1-5H,6H3. The van der Waals surface area contributed by atoms with E-state index in [1.807, 2.05) is 0 Å². The summed E-state index contributed by atoms with van der Waals surface area (Å²) in [6, 6.07) is 0. The van der Waals surface area contributed by atoms with Crippen LogP contribution in [0.15, 0.2) is 24.3 Å². The first-order valence-corrected chi connectivity index (χ1v) is 3.40. The number of allylic oxidation sites excluding steroid dienone is 4. The highest BCUT2D eigenvalue weighted by Gasteiger charge is 1.89. The fourth-order valence-electron chi connectivity index (χ4n) is 0.543. The third kappa shape index (κ3) is 0.600. The predicted molar refractivity (Wildman–Crippen MR) is 32.0 cm³/mol. The van der Waals surface area contributed by atoms with Crippen LogP contribution >= 0.6 is 0 Å². The molecular formula is C5H8Si. The quantitative estimate of drug-likeness (QED) is 0.380. The van der Waals surface area contributed by atoms with Crippen molar-refractivity contribution in [3.05, 3.63) is 24.3 Å². The summed E-state index contributed by atoms with van der Waals surface area (Å²) in [6.07, 6.45) is 8.67. The first kappa shape index (κ1) is 3.87. The van der Waals surface area contributed by atoms with E-state index in [2.05, 4.69) is 24.3 Å². The zero-order chi connectivity index (χ0) is 4.41. The highest BCUT2D eigenvalue weighted by molar-refractivity contribution is 6.14. The molecule has 0 radical (unpaired) electrons. The Hall–Kier alpha value is -0.303. The molecule has 0 aromatic heterocycles. The van der Waals surface area contributed by atoms with Gasteiger partial charge in [-0.2, -0.15) is 0 Å². The van der Waals surface area contributed by atoms with E-state index in [4.69, 9.17) is 0 Å². The molecule has 0 aromatic carbocycles. The molecule has 32 valence electrons. The van der Waals surface area contributed by atoms with Crippen molar-refractivity contribution in [2.45, 2.75) is 5.54 Å². The molecule has 6 heavy (non-hydrogen) atoms. The van der Waals surface area contributed by atoms with Crippen LogP contribution in [0.2, 0.25) is 5.54 Å². The van der Waals surface area contributed by atoms with Gasteiger partial charge in [-0.05, 0) is 5.54 Å². The molecule has 1 heteroatoms. The van der Waals surface area contributed by atoms with Crippen molar-refractivity contribution in [2.24, 2.45) is 0 Å². The largest absolute Gasteiger partial charge is 0.0814 e. The van der Waals surface area contributed by atoms with Gasteiger partial charge >= 0.3 is 0 Å². The monoisotopic (exact) mass is 96.0 g/mol. The summed E-state index contributed by atoms with van der Waals surface area (Å²) in [7, 11) is 1.28. The van der Waals surface area contributed by atoms with Gasteiger partial charge in [-0.15, -0.1) is 0 Å². The lowest BCUT2D eigenvalue weighted by Crippen LogP contribution is -1.71. The Morgan fingerprint density at radius 2 is 1.67 bits per heavy atom. The Labute approximate surface area is 41.0 Å². The maximum atomic E-state index is 2.23. The van der Waals surface area contributed by atoms with Crippen molar-refractivity contribution in [1.82, 2.24) is 0 Å². The second-order valence-corrected chi connectivity index (χ2v) is 2.96. The molecule has 0 atom stereocenters. The summed E-state index contributed by atoms with van der Waals surface area (Å²) in [5.41, 5.74) is 0.824. The molecule has 0 saturated heterocycles. The van der Waals surface area contributed by atoms with Gasteiger partial charge in [0, 0.05) is 10.2 Å². The van der Waals surface area contributed by atoms with Gasteiger partial charge in [0.1, 0.15) is 0 Å². The summed E-state index contributed by atoms with van der Waals surface area (Å²) in [5.74, 6) is 0. The van der Waals surface area contributed by atoms with E-state index < -0.39 is 0 Å². The van der Waals surface area contributed by atoms with Crippen LogP contribution in [0.3, 0.4) is 0 Å². The van der Waals surface area contributed by atoms with Gasteiger partial charge in [0.05, 0.1) is 0 Å². The smallest absolute Gasteiger partial charge is 0.0163 e. The second-order valence-electron chi connectivity index (χ2n) is 1.63. The van der Waals surface area contributed by atoms with Gasteiger partial charge in [-0.25, -0.2) is 0 Å². The summed E-state index contributed by atoms with van der Waals surface area (Å²) >= 11 is 0. The van der Waals surface area contributed by atoms with E-state index in [9.17, 15) is 0 Å². The van der Waals surface area contributed by atoms with Crippen LogP contribution in [0.1, 0.15) is 0 Å². The van der Waals surface area contributed by atoms with E-state index in [0.717, 1.165) is 5.54 Å². The minimum atomic E-state index is 0.824. The number of hydrogen-bond donors (Lipinski definition) is 0. The van der Waals surface area contributed by atoms with E-state index in [-0.39, 0.29) is 0 Å². The zero-order valence-corrected chi connectivity index (χ0v) is 5.89. The molecule has 1 aliphatic rings. The van der Waals surface area contributed by atoms with Gasteiger partial charge in [0.25, 0.3) is 0 Å². The first-order chi connectivity index (χ1) is 2.89. The fourth-order valence-corrected chi connectivity index (χ4v) is 0.987. The molecule has 1 rings (SSSR count). The average Bonchev–Trinajstić information content (AvgIpc) is 1.86. The molecule has 0 aliphatic heterocycles. The van der Waals surface area contributed by atoms with Gasteiger partial charge < -0.3 is 0 Å². The lowest BCUT2D eigenvalue weighted by atomic mass is 10.5. The second kappa shape index (κ2) is 1.43. The van der Waals surface area contributed by atoms with E-state index >= 15 is 0 Å². The van der Waals surface area contributed by atoms with Gasteiger partial charge in [0.15, 0.2) is 0 Å². The summed E-state index contributed by atoms with van der Waals surface area (Å²) in [5, 5.41) is 0. The van der Waals surface area contributed by atoms with Crippen LogP contribution in [-0.2, 0) is 0 Å². The highest BCUT2D eigenvalue weighted by Crippen LogP contribution is 2.08. The molecule has 0 spiro atoms. The Bertz CT molecular complexity index is 80.1. The van der Waals surface area contributed by atoms with Crippen LogP contribution in [-0.4, -0.2) is 10.2 Å². The van der Waals surface area contributed by atoms with Crippen LogP contribution in [0.25, 0.3) is 0 Å². The van der Waals surface area contributed by atoms with Crippen LogP contribution in [0.5, 0.6) is 0 Å². The van der Waals surface area contributed by atoms with Crippen LogP contribution < -0.4 is 0 Å². The lowest BCUT2D eigenvalue weighted by molar-refractivity contribution is 1.42. The molecule has 0 unspecified atom stereocenters. The molecule has 0 nitrogen and oxygen atoms in total. The molecule has 0 fully saturated rings. The number of rotatable bonds is 0. The summed E-state index contributed by atoms with van der Waals surface area (Å²) in [4.78, 5) is 0. The van der Waals surface area contributed by atoms with Crippen molar-refractivity contribution >= 4 is 10.2 Å². The minimum Gasteiger partial charge on any atom is -0.0814 e. The molecular weight excluding hydrogens is 88.1 g/mol. The fraction of sp³-hybridized carbons (Fsp3) is 0.200. The van der Waals surface area contributed by atoms with E-state index in [0.29, 0.717) is 0 Å². The molecule has 0 amide bonds. The lowest BCUT2D eigenvalue weighted by Gasteiger charge is -1.83. The summed E-state index contributed by atoms with van der Waals surface area (Å²) in [6.45, 7) is 0. The Balaban J connectivity index is 2.60. The highest BCUT2D eigenvalue weighted by atomic mass is 28.1. The maximum Gasteiger partial charge on any atom is 0.0163 e. The van der Waals surface area contributed by atoms with Crippen LogP contribution in [0, 0.1) is 0 Å². The Morgan fingerprint density at radius 1 is 1.17 bits per heavy atom. The Morgan fingerprint density at radius 3 is 1.83 bits per heavy atom. The van der Waals surface area contributed by atoms with Crippen molar-refractivity contribution in [1.29, 1.82) is 0 Å². The van der Waals surface area contributed by atoms with Crippen molar-refractivity contribution < 1.29 is 0 Å². The maximum absolute atomic E-state index is 2.23. The minimum absolute atomic E-state index is 0.824. The van der Waals surface area contributed by atoms with Crippen LogP contribution in [0.4, 0.5) is 0 Å². The third-order valence-corrected chi connectivity index (χ3v) is 1.71.